The first-order valence-corrected chi connectivity index (χ1v) is 7.39. The van der Waals surface area contributed by atoms with Gasteiger partial charge in [-0.15, -0.1) is 0 Å². The topological polar surface area (TPSA) is 17.1 Å². The lowest BCUT2D eigenvalue weighted by atomic mass is 9.76. The van der Waals surface area contributed by atoms with Gasteiger partial charge in [0.25, 0.3) is 5.24 Å². The van der Waals surface area contributed by atoms with Crippen molar-refractivity contribution >= 4 is 16.8 Å². The van der Waals surface area contributed by atoms with Gasteiger partial charge in [-0.05, 0) is 60.7 Å². The molecule has 1 aliphatic rings. The van der Waals surface area contributed by atoms with Crippen molar-refractivity contribution in [1.82, 2.24) is 0 Å². The fourth-order valence-corrected chi connectivity index (χ4v) is 3.37. The van der Waals surface area contributed by atoms with E-state index >= 15 is 0 Å². The molecule has 0 aliphatic heterocycles. The summed E-state index contributed by atoms with van der Waals surface area (Å²) in [5, 5.41) is -0.318. The number of hydrogen-bond acceptors (Lipinski definition) is 1. The molecule has 1 aromatic carbocycles. The molecular weight excluding hydrogens is 244 g/mol. The number of benzene rings is 1. The van der Waals surface area contributed by atoms with Gasteiger partial charge >= 0.3 is 0 Å². The average molecular weight is 265 g/mol. The Balaban J connectivity index is 2.07. The first-order valence-electron chi connectivity index (χ1n) is 7.01. The van der Waals surface area contributed by atoms with Crippen LogP contribution in [0.2, 0.25) is 0 Å². The van der Waals surface area contributed by atoms with Crippen LogP contribution in [0.5, 0.6) is 0 Å². The van der Waals surface area contributed by atoms with Gasteiger partial charge in [0, 0.05) is 5.56 Å². The van der Waals surface area contributed by atoms with Gasteiger partial charge in [0.1, 0.15) is 0 Å². The molecule has 1 saturated carbocycles. The van der Waals surface area contributed by atoms with Crippen LogP contribution in [0.25, 0.3) is 0 Å². The standard InChI is InChI=1S/C16H21ClO/c1-2-5-12-8-10-13(11-9-12)14-6-3-4-7-15(14)16(17)18/h3-4,6-7,12-13H,2,5,8-11H2,1H3. The first kappa shape index (κ1) is 13.6. The van der Waals surface area contributed by atoms with E-state index in [1.54, 1.807) is 0 Å². The highest BCUT2D eigenvalue weighted by atomic mass is 35.5. The summed E-state index contributed by atoms with van der Waals surface area (Å²) in [6.45, 7) is 2.26. The summed E-state index contributed by atoms with van der Waals surface area (Å²) in [4.78, 5) is 11.4. The van der Waals surface area contributed by atoms with E-state index in [2.05, 4.69) is 13.0 Å². The Labute approximate surface area is 115 Å². The maximum atomic E-state index is 11.4. The van der Waals surface area contributed by atoms with Crippen LogP contribution < -0.4 is 0 Å². The lowest BCUT2D eigenvalue weighted by Crippen LogP contribution is -2.15. The van der Waals surface area contributed by atoms with E-state index in [4.69, 9.17) is 11.6 Å². The minimum absolute atomic E-state index is 0.318. The Morgan fingerprint density at radius 3 is 2.50 bits per heavy atom. The smallest absolute Gasteiger partial charge is 0.252 e. The summed E-state index contributed by atoms with van der Waals surface area (Å²) < 4.78 is 0. The van der Waals surface area contributed by atoms with Gasteiger partial charge in [-0.3, -0.25) is 4.79 Å². The maximum Gasteiger partial charge on any atom is 0.252 e. The van der Waals surface area contributed by atoms with E-state index in [0.717, 1.165) is 11.5 Å². The summed E-state index contributed by atoms with van der Waals surface area (Å²) in [7, 11) is 0. The molecule has 0 radical (unpaired) electrons. The Morgan fingerprint density at radius 1 is 1.22 bits per heavy atom. The number of hydrogen-bond donors (Lipinski definition) is 0. The van der Waals surface area contributed by atoms with Crippen molar-refractivity contribution < 1.29 is 4.79 Å². The fourth-order valence-electron chi connectivity index (χ4n) is 3.20. The Bertz CT molecular complexity index is 405. The van der Waals surface area contributed by atoms with Crippen molar-refractivity contribution in [3.8, 4) is 0 Å². The predicted octanol–water partition coefficient (Wildman–Crippen LogP) is 5.14. The van der Waals surface area contributed by atoms with Gasteiger partial charge < -0.3 is 0 Å². The lowest BCUT2D eigenvalue weighted by Gasteiger charge is -2.29. The summed E-state index contributed by atoms with van der Waals surface area (Å²) >= 11 is 5.67. The zero-order chi connectivity index (χ0) is 13.0. The van der Waals surface area contributed by atoms with Crippen LogP contribution in [-0.2, 0) is 0 Å². The van der Waals surface area contributed by atoms with E-state index in [0.29, 0.717) is 11.5 Å². The summed E-state index contributed by atoms with van der Waals surface area (Å²) in [6.07, 6.45) is 7.62. The maximum absolute atomic E-state index is 11.4. The second-order valence-corrected chi connectivity index (χ2v) is 5.71. The first-order chi connectivity index (χ1) is 8.72. The van der Waals surface area contributed by atoms with Crippen LogP contribution in [0.15, 0.2) is 24.3 Å². The minimum atomic E-state index is -0.318. The number of rotatable bonds is 4. The lowest BCUT2D eigenvalue weighted by molar-refractivity contribution is 0.107. The molecule has 2 heteroatoms. The predicted molar refractivity (Wildman–Crippen MR) is 76.2 cm³/mol. The van der Waals surface area contributed by atoms with Crippen LogP contribution in [-0.4, -0.2) is 5.24 Å². The van der Waals surface area contributed by atoms with E-state index in [1.807, 2.05) is 18.2 Å². The SMILES string of the molecule is CCCC1CCC(c2ccccc2C(=O)Cl)CC1. The monoisotopic (exact) mass is 264 g/mol. The Hall–Kier alpha value is -0.820. The molecule has 1 fully saturated rings. The average Bonchev–Trinajstić information content (AvgIpc) is 2.40. The van der Waals surface area contributed by atoms with Crippen molar-refractivity contribution in [3.05, 3.63) is 35.4 Å². The van der Waals surface area contributed by atoms with Crippen molar-refractivity contribution in [2.24, 2.45) is 5.92 Å². The summed E-state index contributed by atoms with van der Waals surface area (Å²) in [5.41, 5.74) is 1.87. The molecule has 0 bridgehead atoms. The third-order valence-corrected chi connectivity index (χ3v) is 4.36. The Morgan fingerprint density at radius 2 is 1.89 bits per heavy atom. The number of carbonyl (C=O) groups is 1. The second kappa shape index (κ2) is 6.38. The van der Waals surface area contributed by atoms with E-state index in [1.165, 1.54) is 38.5 Å². The van der Waals surface area contributed by atoms with Crippen LogP contribution in [0, 0.1) is 5.92 Å². The van der Waals surface area contributed by atoms with Gasteiger partial charge in [0.2, 0.25) is 0 Å². The fraction of sp³-hybridized carbons (Fsp3) is 0.562. The van der Waals surface area contributed by atoms with Crippen molar-refractivity contribution in [3.63, 3.8) is 0 Å². The van der Waals surface area contributed by atoms with E-state index < -0.39 is 0 Å². The molecule has 0 saturated heterocycles. The van der Waals surface area contributed by atoms with Crippen LogP contribution >= 0.6 is 11.6 Å². The molecule has 98 valence electrons. The molecule has 0 unspecified atom stereocenters. The highest BCUT2D eigenvalue weighted by Gasteiger charge is 2.24. The minimum Gasteiger partial charge on any atom is -0.276 e. The molecule has 18 heavy (non-hydrogen) atoms. The number of carbonyl (C=O) groups excluding carboxylic acids is 1. The van der Waals surface area contributed by atoms with Gasteiger partial charge in [-0.1, -0.05) is 38.0 Å². The third-order valence-electron chi connectivity index (χ3n) is 4.16. The zero-order valence-electron chi connectivity index (χ0n) is 11.0. The molecule has 0 N–H and O–H groups in total. The zero-order valence-corrected chi connectivity index (χ0v) is 11.7. The normalized spacial score (nSPS) is 23.9. The molecule has 0 heterocycles. The largest absolute Gasteiger partial charge is 0.276 e. The summed E-state index contributed by atoms with van der Waals surface area (Å²) in [5.74, 6) is 1.42. The highest BCUT2D eigenvalue weighted by molar-refractivity contribution is 6.67. The highest BCUT2D eigenvalue weighted by Crippen LogP contribution is 2.38. The third kappa shape index (κ3) is 3.14. The van der Waals surface area contributed by atoms with Crippen LogP contribution in [0.4, 0.5) is 0 Å². The van der Waals surface area contributed by atoms with Crippen molar-refractivity contribution in [1.29, 1.82) is 0 Å². The molecular formula is C16H21ClO. The van der Waals surface area contributed by atoms with Gasteiger partial charge in [0.15, 0.2) is 0 Å². The molecule has 2 rings (SSSR count). The molecule has 1 aromatic rings. The van der Waals surface area contributed by atoms with E-state index in [-0.39, 0.29) is 5.24 Å². The Kier molecular flexibility index (Phi) is 4.82. The van der Waals surface area contributed by atoms with Gasteiger partial charge in [-0.2, -0.15) is 0 Å². The second-order valence-electron chi connectivity index (χ2n) is 5.37. The molecule has 1 nitrogen and oxygen atoms in total. The molecule has 0 spiro atoms. The van der Waals surface area contributed by atoms with Crippen LogP contribution in [0.3, 0.4) is 0 Å². The van der Waals surface area contributed by atoms with Gasteiger partial charge in [-0.25, -0.2) is 0 Å². The van der Waals surface area contributed by atoms with Gasteiger partial charge in [0.05, 0.1) is 0 Å². The van der Waals surface area contributed by atoms with Crippen molar-refractivity contribution in [2.75, 3.05) is 0 Å². The molecule has 1 aliphatic carbocycles. The summed E-state index contributed by atoms with van der Waals surface area (Å²) in [6, 6.07) is 7.82. The van der Waals surface area contributed by atoms with E-state index in [9.17, 15) is 4.79 Å². The quantitative estimate of drug-likeness (QED) is 0.688. The molecule has 0 amide bonds. The number of halogens is 1. The van der Waals surface area contributed by atoms with Crippen molar-refractivity contribution in [2.45, 2.75) is 51.4 Å². The van der Waals surface area contributed by atoms with Crippen LogP contribution in [0.1, 0.15) is 67.3 Å². The molecule has 0 atom stereocenters. The molecule has 0 aromatic heterocycles.